The van der Waals surface area contributed by atoms with Crippen LogP contribution in [0, 0.1) is 0 Å². The zero-order chi connectivity index (χ0) is 17.4. The van der Waals surface area contributed by atoms with Crippen molar-refractivity contribution in [3.05, 3.63) is 71.8 Å². The van der Waals surface area contributed by atoms with Gasteiger partial charge in [-0.2, -0.15) is 0 Å². The van der Waals surface area contributed by atoms with Crippen molar-refractivity contribution in [2.75, 3.05) is 14.1 Å². The molecule has 0 aromatic heterocycles. The van der Waals surface area contributed by atoms with E-state index in [2.05, 4.69) is 5.32 Å². The van der Waals surface area contributed by atoms with Gasteiger partial charge in [0, 0.05) is 14.1 Å². The molecule has 0 unspecified atom stereocenters. The number of rotatable bonds is 6. The standard InChI is InChI=1S/C19H22N2O3/c1-21(2)18(22)13-17(16-11-7-4-8-12-16)20-19(23)24-14-15-9-5-3-6-10-15/h3-12,17H,13-14H2,1-2H3,(H,20,23)/t17-/m0/s1. The highest BCUT2D eigenvalue weighted by atomic mass is 16.5. The quantitative estimate of drug-likeness (QED) is 0.887. The molecule has 0 saturated heterocycles. The van der Waals surface area contributed by atoms with Gasteiger partial charge in [-0.05, 0) is 11.1 Å². The Morgan fingerprint density at radius 2 is 1.58 bits per heavy atom. The van der Waals surface area contributed by atoms with Crippen LogP contribution in [0.1, 0.15) is 23.6 Å². The third kappa shape index (κ3) is 5.43. The first kappa shape index (κ1) is 17.5. The molecule has 0 bridgehead atoms. The molecule has 0 aliphatic carbocycles. The molecule has 0 fully saturated rings. The van der Waals surface area contributed by atoms with Crippen LogP contribution in [0.5, 0.6) is 0 Å². The van der Waals surface area contributed by atoms with E-state index >= 15 is 0 Å². The Balaban J connectivity index is 1.99. The molecule has 2 aromatic rings. The minimum Gasteiger partial charge on any atom is -0.445 e. The molecular formula is C19H22N2O3. The fraction of sp³-hybridized carbons (Fsp3) is 0.263. The predicted molar refractivity (Wildman–Crippen MR) is 92.3 cm³/mol. The number of nitrogens with zero attached hydrogens (tertiary/aromatic N) is 1. The summed E-state index contributed by atoms with van der Waals surface area (Å²) in [6.45, 7) is 0.190. The molecule has 0 aliphatic heterocycles. The molecule has 2 amide bonds. The Kier molecular flexibility index (Phi) is 6.37. The molecule has 0 radical (unpaired) electrons. The van der Waals surface area contributed by atoms with Gasteiger partial charge in [0.25, 0.3) is 0 Å². The van der Waals surface area contributed by atoms with E-state index in [1.54, 1.807) is 14.1 Å². The highest BCUT2D eigenvalue weighted by Crippen LogP contribution is 2.17. The average molecular weight is 326 g/mol. The Hall–Kier alpha value is -2.82. The first-order valence-corrected chi connectivity index (χ1v) is 7.78. The molecular weight excluding hydrogens is 304 g/mol. The van der Waals surface area contributed by atoms with Gasteiger partial charge in [0.1, 0.15) is 6.61 Å². The largest absolute Gasteiger partial charge is 0.445 e. The third-order valence-electron chi connectivity index (χ3n) is 3.58. The van der Waals surface area contributed by atoms with Gasteiger partial charge in [0.2, 0.25) is 5.91 Å². The number of carbonyl (C=O) groups excluding carboxylic acids is 2. The topological polar surface area (TPSA) is 58.6 Å². The first-order chi connectivity index (χ1) is 11.6. The molecule has 0 aliphatic rings. The van der Waals surface area contributed by atoms with Gasteiger partial charge in [-0.15, -0.1) is 0 Å². The fourth-order valence-electron chi connectivity index (χ4n) is 2.20. The summed E-state index contributed by atoms with van der Waals surface area (Å²) in [5.74, 6) is -0.0628. The van der Waals surface area contributed by atoms with E-state index in [4.69, 9.17) is 4.74 Å². The summed E-state index contributed by atoms with van der Waals surface area (Å²) < 4.78 is 5.25. The number of nitrogens with one attached hydrogen (secondary N) is 1. The number of benzene rings is 2. The lowest BCUT2D eigenvalue weighted by atomic mass is 10.0. The van der Waals surface area contributed by atoms with Crippen LogP contribution in [0.4, 0.5) is 4.79 Å². The maximum Gasteiger partial charge on any atom is 0.407 e. The van der Waals surface area contributed by atoms with E-state index in [-0.39, 0.29) is 18.9 Å². The molecule has 2 rings (SSSR count). The molecule has 5 nitrogen and oxygen atoms in total. The summed E-state index contributed by atoms with van der Waals surface area (Å²) in [6.07, 6.45) is -0.364. The molecule has 0 saturated carbocycles. The Labute approximate surface area is 142 Å². The summed E-state index contributed by atoms with van der Waals surface area (Å²) >= 11 is 0. The number of alkyl carbamates (subject to hydrolysis) is 1. The summed E-state index contributed by atoms with van der Waals surface area (Å²) in [5, 5.41) is 2.78. The Bertz CT molecular complexity index is 657. The third-order valence-corrected chi connectivity index (χ3v) is 3.58. The van der Waals surface area contributed by atoms with E-state index in [0.29, 0.717) is 0 Å². The van der Waals surface area contributed by atoms with Crippen LogP contribution in [0.25, 0.3) is 0 Å². The van der Waals surface area contributed by atoms with Gasteiger partial charge in [-0.1, -0.05) is 60.7 Å². The monoisotopic (exact) mass is 326 g/mol. The van der Waals surface area contributed by atoms with Crippen LogP contribution >= 0.6 is 0 Å². The van der Waals surface area contributed by atoms with Crippen molar-refractivity contribution in [1.29, 1.82) is 0 Å². The second-order valence-electron chi connectivity index (χ2n) is 5.66. The highest BCUT2D eigenvalue weighted by Gasteiger charge is 2.20. The Morgan fingerprint density at radius 1 is 1.00 bits per heavy atom. The average Bonchev–Trinajstić information content (AvgIpc) is 2.61. The van der Waals surface area contributed by atoms with E-state index in [1.165, 1.54) is 4.90 Å². The number of hydrogen-bond acceptors (Lipinski definition) is 3. The summed E-state index contributed by atoms with van der Waals surface area (Å²) in [5.41, 5.74) is 1.78. The number of ether oxygens (including phenoxy) is 1. The number of carbonyl (C=O) groups is 2. The van der Waals surface area contributed by atoms with E-state index < -0.39 is 12.1 Å². The lowest BCUT2D eigenvalue weighted by Crippen LogP contribution is -2.33. The molecule has 24 heavy (non-hydrogen) atoms. The molecule has 0 heterocycles. The molecule has 5 heteroatoms. The van der Waals surface area contributed by atoms with Gasteiger partial charge in [0.15, 0.2) is 0 Å². The molecule has 2 aromatic carbocycles. The molecule has 0 spiro atoms. The number of hydrogen-bond donors (Lipinski definition) is 1. The van der Waals surface area contributed by atoms with E-state index in [0.717, 1.165) is 11.1 Å². The van der Waals surface area contributed by atoms with E-state index in [9.17, 15) is 9.59 Å². The SMILES string of the molecule is CN(C)C(=O)C[C@H](NC(=O)OCc1ccccc1)c1ccccc1. The fourth-order valence-corrected chi connectivity index (χ4v) is 2.20. The van der Waals surface area contributed by atoms with Crippen LogP contribution in [-0.2, 0) is 16.1 Å². The predicted octanol–water partition coefficient (Wildman–Crippen LogP) is 3.13. The summed E-state index contributed by atoms with van der Waals surface area (Å²) in [6, 6.07) is 18.4. The first-order valence-electron chi connectivity index (χ1n) is 7.78. The Morgan fingerprint density at radius 3 is 2.17 bits per heavy atom. The van der Waals surface area contributed by atoms with Crippen molar-refractivity contribution in [2.45, 2.75) is 19.1 Å². The van der Waals surface area contributed by atoms with Gasteiger partial charge in [0.05, 0.1) is 12.5 Å². The maximum atomic E-state index is 12.1. The van der Waals surface area contributed by atoms with Crippen molar-refractivity contribution in [1.82, 2.24) is 10.2 Å². The summed E-state index contributed by atoms with van der Waals surface area (Å²) in [4.78, 5) is 25.6. The van der Waals surface area contributed by atoms with Crippen LogP contribution in [0.2, 0.25) is 0 Å². The summed E-state index contributed by atoms with van der Waals surface area (Å²) in [7, 11) is 3.39. The minimum atomic E-state index is -0.542. The van der Waals surface area contributed by atoms with E-state index in [1.807, 2.05) is 60.7 Å². The lowest BCUT2D eigenvalue weighted by Gasteiger charge is -2.20. The zero-order valence-corrected chi connectivity index (χ0v) is 13.9. The molecule has 1 atom stereocenters. The minimum absolute atomic E-state index is 0.0628. The van der Waals surface area contributed by atoms with Gasteiger partial charge < -0.3 is 15.0 Å². The maximum absolute atomic E-state index is 12.1. The molecule has 126 valence electrons. The van der Waals surface area contributed by atoms with Crippen LogP contribution < -0.4 is 5.32 Å². The highest BCUT2D eigenvalue weighted by molar-refractivity contribution is 5.77. The lowest BCUT2D eigenvalue weighted by molar-refractivity contribution is -0.129. The second kappa shape index (κ2) is 8.72. The van der Waals surface area contributed by atoms with Crippen LogP contribution in [-0.4, -0.2) is 31.0 Å². The van der Waals surface area contributed by atoms with Gasteiger partial charge in [-0.25, -0.2) is 4.79 Å². The van der Waals surface area contributed by atoms with Crippen molar-refractivity contribution in [2.24, 2.45) is 0 Å². The van der Waals surface area contributed by atoms with Crippen LogP contribution in [0.15, 0.2) is 60.7 Å². The van der Waals surface area contributed by atoms with Gasteiger partial charge in [-0.3, -0.25) is 4.79 Å². The van der Waals surface area contributed by atoms with Crippen molar-refractivity contribution >= 4 is 12.0 Å². The van der Waals surface area contributed by atoms with Crippen molar-refractivity contribution < 1.29 is 14.3 Å². The van der Waals surface area contributed by atoms with Crippen molar-refractivity contribution in [3.63, 3.8) is 0 Å². The van der Waals surface area contributed by atoms with Gasteiger partial charge >= 0.3 is 6.09 Å². The second-order valence-corrected chi connectivity index (χ2v) is 5.66. The van der Waals surface area contributed by atoms with Crippen molar-refractivity contribution in [3.8, 4) is 0 Å². The molecule has 1 N–H and O–H groups in total. The normalized spacial score (nSPS) is 11.4. The van der Waals surface area contributed by atoms with Crippen LogP contribution in [0.3, 0.4) is 0 Å². The zero-order valence-electron chi connectivity index (χ0n) is 13.9. The number of amides is 2. The smallest absolute Gasteiger partial charge is 0.407 e.